The van der Waals surface area contributed by atoms with Crippen molar-refractivity contribution in [3.63, 3.8) is 0 Å². The summed E-state index contributed by atoms with van der Waals surface area (Å²) in [6.07, 6.45) is 1.14. The maximum absolute atomic E-state index is 5.58. The zero-order valence-corrected chi connectivity index (χ0v) is 34.2. The van der Waals surface area contributed by atoms with Crippen molar-refractivity contribution in [2.75, 3.05) is 0 Å². The third-order valence-corrected chi connectivity index (χ3v) is 7.99. The SMILES string of the molecule is CCc1ccccc1.Cc1ccccc1.Clc1ccc(Cl)cc1.Clc1cccc(Cl)c1.Clc1ccccc1.Clc1ccccc1Cl.c1ccccc1. The fourth-order valence-corrected chi connectivity index (χ4v) is 4.48. The van der Waals surface area contributed by atoms with Gasteiger partial charge in [-0.25, -0.2) is 0 Å². The Kier molecular flexibility index (Phi) is 27.9. The Labute approximate surface area is 345 Å². The molecule has 0 unspecified atom stereocenters. The van der Waals surface area contributed by atoms with Crippen molar-refractivity contribution in [2.45, 2.75) is 20.3 Å². The van der Waals surface area contributed by atoms with Crippen LogP contribution in [-0.4, -0.2) is 0 Å². The predicted octanol–water partition coefficient (Wildman–Crippen LogP) is 17.3. The van der Waals surface area contributed by atoms with Crippen molar-refractivity contribution in [1.82, 2.24) is 0 Å². The Morgan fingerprint density at radius 1 is 0.308 bits per heavy atom. The van der Waals surface area contributed by atoms with E-state index in [9.17, 15) is 0 Å². The van der Waals surface area contributed by atoms with E-state index < -0.39 is 0 Å². The number of rotatable bonds is 1. The summed E-state index contributed by atoms with van der Waals surface area (Å²) in [5.74, 6) is 0. The first-order chi connectivity index (χ1) is 25.1. The van der Waals surface area contributed by atoms with Crippen LogP contribution in [0.5, 0.6) is 0 Å². The van der Waals surface area contributed by atoms with Crippen LogP contribution in [-0.2, 0) is 6.42 Å². The molecule has 0 saturated heterocycles. The first kappa shape index (κ1) is 46.6. The molecule has 0 radical (unpaired) electrons. The van der Waals surface area contributed by atoms with Crippen LogP contribution in [0.4, 0.5) is 0 Å². The molecule has 0 aliphatic rings. The molecule has 7 aromatic rings. The monoisotopic (exact) mass is 826 g/mol. The molecule has 0 nitrogen and oxygen atoms in total. The minimum absolute atomic E-state index is 0.606. The van der Waals surface area contributed by atoms with Gasteiger partial charge in [-0.15, -0.1) is 0 Å². The van der Waals surface area contributed by atoms with Crippen LogP contribution >= 0.6 is 81.2 Å². The number of hydrogen-bond donors (Lipinski definition) is 0. The van der Waals surface area contributed by atoms with E-state index in [1.807, 2.05) is 109 Å². The Balaban J connectivity index is 0.000000304. The number of hydrogen-bond acceptors (Lipinski definition) is 0. The molecule has 7 heteroatoms. The van der Waals surface area contributed by atoms with Crippen LogP contribution in [0.25, 0.3) is 0 Å². The lowest BCUT2D eigenvalue weighted by Crippen LogP contribution is -1.73. The Bertz CT molecular complexity index is 1690. The van der Waals surface area contributed by atoms with Gasteiger partial charge in [0.15, 0.2) is 0 Å². The largest absolute Gasteiger partial charge is 0.0843 e. The molecular weight excluding hydrogens is 789 g/mol. The summed E-state index contributed by atoms with van der Waals surface area (Å²) in [6.45, 7) is 4.25. The lowest BCUT2D eigenvalue weighted by molar-refractivity contribution is 1.14. The van der Waals surface area contributed by atoms with Gasteiger partial charge in [0, 0.05) is 25.1 Å². The van der Waals surface area contributed by atoms with Gasteiger partial charge in [-0.2, -0.15) is 0 Å². The smallest absolute Gasteiger partial charge is 0.0592 e. The van der Waals surface area contributed by atoms with E-state index >= 15 is 0 Å². The molecule has 0 atom stereocenters. The molecule has 7 rings (SSSR count). The van der Waals surface area contributed by atoms with Crippen molar-refractivity contribution in [3.8, 4) is 0 Å². The lowest BCUT2D eigenvalue weighted by atomic mass is 10.2. The van der Waals surface area contributed by atoms with Crippen molar-refractivity contribution in [2.24, 2.45) is 0 Å². The summed E-state index contributed by atoms with van der Waals surface area (Å²) in [5, 5.41) is 4.80. The highest BCUT2D eigenvalue weighted by Crippen LogP contribution is 2.19. The Morgan fingerprint density at radius 3 is 0.827 bits per heavy atom. The standard InChI is InChI=1S/C8H10.C7H8.3C6H4Cl2.C6H5Cl.C6H6/c1-2-8-6-4-3-5-7-8;1-7-5-3-2-4-6-7;7-5-1-2-6(8)4-3-5;7-5-2-1-3-6(8)4-5;7-5-3-1-2-4-6(5)8;7-6-4-2-1-3-5-6;1-2-4-6-5-3-1/h3-7H,2H2,1H3;2-6H,1H3;3*1-4H;1-5H;1-6H. The Hall–Kier alpha value is -3.43. The van der Waals surface area contributed by atoms with Gasteiger partial charge in [0.1, 0.15) is 0 Å². The van der Waals surface area contributed by atoms with Gasteiger partial charge >= 0.3 is 0 Å². The zero-order chi connectivity index (χ0) is 38.2. The van der Waals surface area contributed by atoms with Crippen LogP contribution in [0.3, 0.4) is 0 Å². The number of halogens is 7. The molecule has 0 aliphatic heterocycles. The summed E-state index contributed by atoms with van der Waals surface area (Å²) in [7, 11) is 0. The van der Waals surface area contributed by atoms with Crippen molar-refractivity contribution in [1.29, 1.82) is 0 Å². The van der Waals surface area contributed by atoms with Gasteiger partial charge in [-0.1, -0.05) is 227 Å². The van der Waals surface area contributed by atoms with E-state index in [2.05, 4.69) is 50.2 Å². The maximum atomic E-state index is 5.58. The fraction of sp³-hybridized carbons (Fsp3) is 0.0667. The van der Waals surface area contributed by atoms with Crippen LogP contribution in [0.1, 0.15) is 18.1 Å². The van der Waals surface area contributed by atoms with Gasteiger partial charge in [-0.05, 0) is 85.6 Å². The van der Waals surface area contributed by atoms with Crippen molar-refractivity contribution >= 4 is 81.2 Å². The fourth-order valence-electron chi connectivity index (χ4n) is 3.38. The van der Waals surface area contributed by atoms with E-state index in [-0.39, 0.29) is 0 Å². The van der Waals surface area contributed by atoms with Crippen LogP contribution in [0, 0.1) is 6.92 Å². The van der Waals surface area contributed by atoms with Crippen LogP contribution < -0.4 is 0 Å². The molecule has 0 fully saturated rings. The molecule has 270 valence electrons. The first-order valence-corrected chi connectivity index (χ1v) is 18.7. The molecule has 0 bridgehead atoms. The van der Waals surface area contributed by atoms with Gasteiger partial charge < -0.3 is 0 Å². The summed E-state index contributed by atoms with van der Waals surface area (Å²) in [4.78, 5) is 0. The van der Waals surface area contributed by atoms with E-state index in [1.165, 1.54) is 11.1 Å². The summed E-state index contributed by atoms with van der Waals surface area (Å²) in [5.41, 5.74) is 2.73. The van der Waals surface area contributed by atoms with E-state index in [0.29, 0.717) is 20.1 Å². The van der Waals surface area contributed by atoms with E-state index in [1.54, 1.807) is 54.6 Å². The molecule has 0 spiro atoms. The number of benzene rings is 7. The molecule has 0 aliphatic carbocycles. The molecule has 0 saturated carbocycles. The normalized spacial score (nSPS) is 8.94. The second-order valence-corrected chi connectivity index (χ2v) is 13.2. The quantitative estimate of drug-likeness (QED) is 0.155. The average Bonchev–Trinajstić information content (AvgIpc) is 3.17. The van der Waals surface area contributed by atoms with E-state index in [4.69, 9.17) is 81.2 Å². The second-order valence-electron chi connectivity index (χ2n) is 10.2. The average molecular weight is 830 g/mol. The summed E-state index contributed by atoms with van der Waals surface area (Å²) < 4.78 is 0. The van der Waals surface area contributed by atoms with Crippen LogP contribution in [0.15, 0.2) is 200 Å². The molecule has 0 amide bonds. The van der Waals surface area contributed by atoms with Gasteiger partial charge in [-0.3, -0.25) is 0 Å². The summed E-state index contributed by atoms with van der Waals surface area (Å²) >= 11 is 38.9. The van der Waals surface area contributed by atoms with Crippen molar-refractivity contribution in [3.05, 3.63) is 246 Å². The van der Waals surface area contributed by atoms with Crippen molar-refractivity contribution < 1.29 is 0 Å². The maximum Gasteiger partial charge on any atom is 0.0592 e. The third-order valence-electron chi connectivity index (χ3n) is 6.01. The van der Waals surface area contributed by atoms with Gasteiger partial charge in [0.05, 0.1) is 10.0 Å². The molecule has 7 aromatic carbocycles. The molecular formula is C45H41Cl7. The zero-order valence-electron chi connectivity index (χ0n) is 28.9. The minimum atomic E-state index is 0.606. The third kappa shape index (κ3) is 27.3. The van der Waals surface area contributed by atoms with Crippen LogP contribution in [0.2, 0.25) is 35.2 Å². The highest BCUT2D eigenvalue weighted by atomic mass is 35.5. The van der Waals surface area contributed by atoms with E-state index in [0.717, 1.165) is 21.5 Å². The molecule has 0 heterocycles. The topological polar surface area (TPSA) is 0 Å². The molecule has 52 heavy (non-hydrogen) atoms. The minimum Gasteiger partial charge on any atom is -0.0843 e. The predicted molar refractivity (Wildman–Crippen MR) is 234 cm³/mol. The number of aryl methyl sites for hydroxylation is 2. The lowest BCUT2D eigenvalue weighted by Gasteiger charge is -1.89. The molecule has 0 aromatic heterocycles. The van der Waals surface area contributed by atoms with Gasteiger partial charge in [0.25, 0.3) is 0 Å². The second kappa shape index (κ2) is 31.1. The van der Waals surface area contributed by atoms with Gasteiger partial charge in [0.2, 0.25) is 0 Å². The highest BCUT2D eigenvalue weighted by molar-refractivity contribution is 6.42. The highest BCUT2D eigenvalue weighted by Gasteiger charge is 1.89. The molecule has 0 N–H and O–H groups in total. The Morgan fingerprint density at radius 2 is 0.596 bits per heavy atom. The summed E-state index contributed by atoms with van der Waals surface area (Å²) in [6, 6.07) is 63.4. The first-order valence-electron chi connectivity index (χ1n) is 16.1.